The molecule has 0 fully saturated rings. The van der Waals surface area contributed by atoms with Crippen LogP contribution in [0.1, 0.15) is 105 Å². The molecule has 4 aromatic rings. The fourth-order valence-corrected chi connectivity index (χ4v) is 6.60. The van der Waals surface area contributed by atoms with Crippen molar-refractivity contribution < 1.29 is 9.46 Å². The quantitative estimate of drug-likeness (QED) is 0.239. The first-order valence-electron chi connectivity index (χ1n) is 15.5. The molecular formula is C40H51O2P. The Kier molecular flexibility index (Phi) is 8.84. The van der Waals surface area contributed by atoms with E-state index >= 15 is 0 Å². The number of rotatable bonds is 4. The van der Waals surface area contributed by atoms with Gasteiger partial charge < -0.3 is 4.89 Å². The van der Waals surface area contributed by atoms with Crippen LogP contribution in [0.2, 0.25) is 0 Å². The number of hydrogen-bond acceptors (Lipinski definition) is 1. The molecule has 0 heterocycles. The molecule has 228 valence electrons. The van der Waals surface area contributed by atoms with Gasteiger partial charge in [0, 0.05) is 10.9 Å². The van der Waals surface area contributed by atoms with E-state index in [1.165, 1.54) is 22.3 Å². The molecule has 0 spiro atoms. The summed E-state index contributed by atoms with van der Waals surface area (Å²) in [6.07, 6.45) is 0. The zero-order valence-corrected chi connectivity index (χ0v) is 29.4. The van der Waals surface area contributed by atoms with Crippen LogP contribution in [0.3, 0.4) is 0 Å². The van der Waals surface area contributed by atoms with E-state index in [9.17, 15) is 9.46 Å². The first-order valence-corrected chi connectivity index (χ1v) is 16.8. The fraction of sp³-hybridized carbons (Fsp3) is 0.400. The largest absolute Gasteiger partial charge is 0.343 e. The van der Waals surface area contributed by atoms with Crippen LogP contribution in [0.4, 0.5) is 0 Å². The normalized spacial score (nSPS) is 13.7. The van der Waals surface area contributed by atoms with Crippen molar-refractivity contribution in [2.24, 2.45) is 0 Å². The molecule has 4 aromatic carbocycles. The minimum atomic E-state index is -3.04. The van der Waals surface area contributed by atoms with Crippen LogP contribution < -0.4 is 5.30 Å². The van der Waals surface area contributed by atoms with Crippen molar-refractivity contribution in [1.82, 2.24) is 0 Å². The van der Waals surface area contributed by atoms with Gasteiger partial charge in [0.25, 0.3) is 0 Å². The third kappa shape index (κ3) is 6.92. The smallest absolute Gasteiger partial charge is 0.218 e. The summed E-state index contributed by atoms with van der Waals surface area (Å²) in [5, 5.41) is 0.508. The maximum absolute atomic E-state index is 13.3. The van der Waals surface area contributed by atoms with Crippen molar-refractivity contribution in [3.05, 3.63) is 101 Å². The zero-order valence-electron chi connectivity index (χ0n) is 28.4. The van der Waals surface area contributed by atoms with Gasteiger partial charge in [-0.2, -0.15) is 0 Å². The molecule has 1 atom stereocenters. The minimum Gasteiger partial charge on any atom is -0.343 e. The van der Waals surface area contributed by atoms with Gasteiger partial charge in [-0.05, 0) is 77.8 Å². The van der Waals surface area contributed by atoms with Gasteiger partial charge in [-0.3, -0.25) is 4.57 Å². The van der Waals surface area contributed by atoms with Crippen LogP contribution in [-0.2, 0) is 26.2 Å². The van der Waals surface area contributed by atoms with Gasteiger partial charge in [0.15, 0.2) is 0 Å². The third-order valence-electron chi connectivity index (χ3n) is 8.45. The standard InChI is InChI=1S/C40H51O2P/c1-37(2,3)27-18-20-30(32(24-27)39(7,8)9)35-29(26-16-14-13-15-17-26)22-23-34(43(41)42)36(35)31-21-19-28(38(4,5)6)25-33(31)40(10,11)12/h13-25,43H,1-12H3,(H,41,42). The van der Waals surface area contributed by atoms with Crippen LogP contribution in [-0.4, -0.2) is 4.89 Å². The second kappa shape index (κ2) is 11.5. The second-order valence-electron chi connectivity index (χ2n) is 16.1. The molecule has 0 saturated carbocycles. The summed E-state index contributed by atoms with van der Waals surface area (Å²) in [5.74, 6) is 0. The summed E-state index contributed by atoms with van der Waals surface area (Å²) in [7, 11) is -3.04. The van der Waals surface area contributed by atoms with Crippen LogP contribution in [0.25, 0.3) is 33.4 Å². The van der Waals surface area contributed by atoms with E-state index in [-0.39, 0.29) is 21.7 Å². The van der Waals surface area contributed by atoms with E-state index in [2.05, 4.69) is 144 Å². The Morgan fingerprint density at radius 1 is 0.488 bits per heavy atom. The lowest BCUT2D eigenvalue weighted by Crippen LogP contribution is -2.20. The summed E-state index contributed by atoms with van der Waals surface area (Å²) in [6.45, 7) is 27.0. The lowest BCUT2D eigenvalue weighted by Gasteiger charge is -2.32. The molecule has 0 amide bonds. The Bertz CT molecular complexity index is 1650. The lowest BCUT2D eigenvalue weighted by atomic mass is 9.73. The molecule has 2 nitrogen and oxygen atoms in total. The van der Waals surface area contributed by atoms with E-state index in [1.54, 1.807) is 0 Å². The molecule has 0 aliphatic carbocycles. The number of benzene rings is 4. The molecule has 1 N–H and O–H groups in total. The van der Waals surface area contributed by atoms with Crippen molar-refractivity contribution in [3.63, 3.8) is 0 Å². The average molecular weight is 595 g/mol. The summed E-state index contributed by atoms with van der Waals surface area (Å²) in [6, 6.07) is 27.9. The van der Waals surface area contributed by atoms with Crippen molar-refractivity contribution in [2.45, 2.75) is 105 Å². The highest BCUT2D eigenvalue weighted by molar-refractivity contribution is 7.47. The molecule has 43 heavy (non-hydrogen) atoms. The van der Waals surface area contributed by atoms with Gasteiger partial charge >= 0.3 is 0 Å². The minimum absolute atomic E-state index is 0.00998. The second-order valence-corrected chi connectivity index (χ2v) is 17.3. The van der Waals surface area contributed by atoms with E-state index in [4.69, 9.17) is 0 Å². The maximum atomic E-state index is 13.3. The monoisotopic (exact) mass is 594 g/mol. The summed E-state index contributed by atoms with van der Waals surface area (Å²) >= 11 is 0. The van der Waals surface area contributed by atoms with Crippen molar-refractivity contribution in [3.8, 4) is 33.4 Å². The van der Waals surface area contributed by atoms with Crippen LogP contribution in [0, 0.1) is 0 Å². The molecule has 4 rings (SSSR count). The summed E-state index contributed by atoms with van der Waals surface area (Å²) < 4.78 is 13.3. The molecule has 0 aliphatic heterocycles. The molecule has 3 heteroatoms. The zero-order chi connectivity index (χ0) is 32.1. The third-order valence-corrected chi connectivity index (χ3v) is 9.32. The van der Waals surface area contributed by atoms with E-state index in [0.717, 1.165) is 33.4 Å². The topological polar surface area (TPSA) is 37.3 Å². The van der Waals surface area contributed by atoms with E-state index in [0.29, 0.717) is 5.30 Å². The van der Waals surface area contributed by atoms with Crippen LogP contribution >= 0.6 is 8.03 Å². The molecule has 0 saturated heterocycles. The Hall–Kier alpha value is -2.93. The van der Waals surface area contributed by atoms with Crippen molar-refractivity contribution >= 4 is 13.3 Å². The molecule has 0 radical (unpaired) electrons. The molecule has 0 aliphatic rings. The average Bonchev–Trinajstić information content (AvgIpc) is 2.90. The van der Waals surface area contributed by atoms with Crippen molar-refractivity contribution in [1.29, 1.82) is 0 Å². The Morgan fingerprint density at radius 2 is 0.907 bits per heavy atom. The first-order chi connectivity index (χ1) is 19.7. The van der Waals surface area contributed by atoms with Gasteiger partial charge in [-0.15, -0.1) is 0 Å². The highest BCUT2D eigenvalue weighted by Gasteiger charge is 2.30. The number of hydrogen-bond donors (Lipinski definition) is 1. The first kappa shape index (κ1) is 33.0. The van der Waals surface area contributed by atoms with Crippen LogP contribution in [0.15, 0.2) is 78.9 Å². The maximum Gasteiger partial charge on any atom is 0.218 e. The van der Waals surface area contributed by atoms with E-state index < -0.39 is 8.03 Å². The summed E-state index contributed by atoms with van der Waals surface area (Å²) in [4.78, 5) is 10.9. The van der Waals surface area contributed by atoms with E-state index in [1.807, 2.05) is 18.2 Å². The van der Waals surface area contributed by atoms with Gasteiger partial charge in [-0.25, -0.2) is 0 Å². The Balaban J connectivity index is 2.29. The Morgan fingerprint density at radius 3 is 1.30 bits per heavy atom. The van der Waals surface area contributed by atoms with Gasteiger partial charge in [0.2, 0.25) is 8.03 Å². The molecule has 1 unspecified atom stereocenters. The fourth-order valence-electron chi connectivity index (χ4n) is 5.90. The predicted octanol–water partition coefficient (Wildman–Crippen LogP) is 11.0. The molecular weight excluding hydrogens is 543 g/mol. The SMILES string of the molecule is CC(C)(C)c1ccc(-c2c(-c3ccccc3)ccc([PH](=O)O)c2-c2ccc(C(C)(C)C)cc2C(C)(C)C)c(C(C)(C)C)c1. The predicted molar refractivity (Wildman–Crippen MR) is 188 cm³/mol. The Labute approximate surface area is 261 Å². The summed E-state index contributed by atoms with van der Waals surface area (Å²) in [5.41, 5.74) is 10.7. The van der Waals surface area contributed by atoms with Gasteiger partial charge in [-0.1, -0.05) is 156 Å². The van der Waals surface area contributed by atoms with Gasteiger partial charge in [0.1, 0.15) is 0 Å². The lowest BCUT2D eigenvalue weighted by molar-refractivity contribution is 0.513. The van der Waals surface area contributed by atoms with Crippen LogP contribution in [0.5, 0.6) is 0 Å². The van der Waals surface area contributed by atoms with Crippen molar-refractivity contribution in [2.75, 3.05) is 0 Å². The van der Waals surface area contributed by atoms with Gasteiger partial charge in [0.05, 0.1) is 0 Å². The molecule has 0 aromatic heterocycles. The molecule has 0 bridgehead atoms. The highest BCUT2D eigenvalue weighted by atomic mass is 31.1. The highest BCUT2D eigenvalue weighted by Crippen LogP contribution is 2.48.